The number of benzene rings is 1. The lowest BCUT2D eigenvalue weighted by Crippen LogP contribution is -2.49. The molecule has 0 spiro atoms. The van der Waals surface area contributed by atoms with Crippen molar-refractivity contribution >= 4 is 11.4 Å². The van der Waals surface area contributed by atoms with Gasteiger partial charge in [-0.25, -0.2) is 4.98 Å². The van der Waals surface area contributed by atoms with E-state index in [2.05, 4.69) is 45.7 Å². The minimum Gasteiger partial charge on any atom is -0.339 e. The van der Waals surface area contributed by atoms with Crippen LogP contribution in [-0.4, -0.2) is 56.8 Å². The fourth-order valence-corrected chi connectivity index (χ4v) is 4.26. The highest BCUT2D eigenvalue weighted by Gasteiger charge is 2.30. The molecule has 1 unspecified atom stereocenters. The van der Waals surface area contributed by atoms with Gasteiger partial charge in [-0.2, -0.15) is 0 Å². The quantitative estimate of drug-likeness (QED) is 0.516. The van der Waals surface area contributed by atoms with E-state index in [4.69, 9.17) is 4.98 Å². The molecule has 1 aliphatic rings. The molecule has 0 saturated carbocycles. The molecule has 0 radical (unpaired) electrons. The Labute approximate surface area is 181 Å². The zero-order chi connectivity index (χ0) is 21.2. The minimum absolute atomic E-state index is 0.0720. The van der Waals surface area contributed by atoms with Crippen LogP contribution in [0.2, 0.25) is 0 Å². The Kier molecular flexibility index (Phi) is 5.22. The second kappa shape index (κ2) is 8.32. The summed E-state index contributed by atoms with van der Waals surface area (Å²) in [5.74, 6) is 0.173. The molecule has 5 rings (SSSR count). The third kappa shape index (κ3) is 3.94. The summed E-state index contributed by atoms with van der Waals surface area (Å²) < 4.78 is 2.07. The van der Waals surface area contributed by atoms with Gasteiger partial charge in [0.1, 0.15) is 0 Å². The van der Waals surface area contributed by atoms with E-state index in [0.717, 1.165) is 41.0 Å². The molecule has 1 fully saturated rings. The first-order chi connectivity index (χ1) is 15.2. The van der Waals surface area contributed by atoms with Crippen molar-refractivity contribution in [2.24, 2.45) is 0 Å². The number of imidazole rings is 1. The van der Waals surface area contributed by atoms with Gasteiger partial charge in [0.25, 0.3) is 0 Å². The van der Waals surface area contributed by atoms with E-state index in [-0.39, 0.29) is 11.9 Å². The first-order valence-corrected chi connectivity index (χ1v) is 10.6. The first kappa shape index (κ1) is 19.5. The molecule has 1 amide bonds. The fourth-order valence-electron chi connectivity index (χ4n) is 4.26. The van der Waals surface area contributed by atoms with Crippen molar-refractivity contribution in [1.82, 2.24) is 24.2 Å². The van der Waals surface area contributed by atoms with E-state index < -0.39 is 0 Å². The van der Waals surface area contributed by atoms with Gasteiger partial charge in [-0.05, 0) is 30.3 Å². The maximum Gasteiger partial charge on any atom is 0.227 e. The summed E-state index contributed by atoms with van der Waals surface area (Å²) >= 11 is 0. The predicted molar refractivity (Wildman–Crippen MR) is 121 cm³/mol. The van der Waals surface area contributed by atoms with Crippen molar-refractivity contribution in [2.75, 3.05) is 26.7 Å². The van der Waals surface area contributed by atoms with Crippen molar-refractivity contribution in [3.63, 3.8) is 0 Å². The monoisotopic (exact) mass is 411 g/mol. The molecule has 4 heterocycles. The number of carbonyl (C=O) groups is 1. The van der Waals surface area contributed by atoms with E-state index in [1.807, 2.05) is 53.8 Å². The molecule has 0 aliphatic carbocycles. The molecule has 6 heteroatoms. The van der Waals surface area contributed by atoms with Crippen LogP contribution in [0.15, 0.2) is 79.5 Å². The van der Waals surface area contributed by atoms with Crippen molar-refractivity contribution in [3.8, 4) is 11.1 Å². The first-order valence-electron chi connectivity index (χ1n) is 10.6. The lowest BCUT2D eigenvalue weighted by Gasteiger charge is -2.39. The third-order valence-corrected chi connectivity index (χ3v) is 6.07. The third-order valence-electron chi connectivity index (χ3n) is 6.07. The van der Waals surface area contributed by atoms with Gasteiger partial charge in [0, 0.05) is 43.8 Å². The Hall–Kier alpha value is -3.51. The van der Waals surface area contributed by atoms with Crippen LogP contribution in [0.4, 0.5) is 0 Å². The predicted octanol–water partition coefficient (Wildman–Crippen LogP) is 3.45. The van der Waals surface area contributed by atoms with Crippen molar-refractivity contribution < 1.29 is 4.79 Å². The molecule has 1 saturated heterocycles. The molecule has 6 nitrogen and oxygen atoms in total. The maximum atomic E-state index is 12.9. The SMILES string of the molecule is CN1CCN(C(=O)Cc2ccccc2)CC1c1ncn2cc(-c3cccnc3)ccc12. The summed E-state index contributed by atoms with van der Waals surface area (Å²) in [7, 11) is 2.11. The number of aromatic nitrogens is 3. The number of piperazine rings is 1. The Balaban J connectivity index is 1.38. The van der Waals surface area contributed by atoms with E-state index >= 15 is 0 Å². The van der Waals surface area contributed by atoms with Gasteiger partial charge < -0.3 is 9.30 Å². The van der Waals surface area contributed by atoms with Crippen molar-refractivity contribution in [3.05, 3.63) is 90.8 Å². The number of fused-ring (bicyclic) bond motifs is 1. The number of pyridine rings is 2. The average molecular weight is 412 g/mol. The highest BCUT2D eigenvalue weighted by molar-refractivity contribution is 5.79. The van der Waals surface area contributed by atoms with Gasteiger partial charge in [0.05, 0.1) is 30.0 Å². The van der Waals surface area contributed by atoms with E-state index in [9.17, 15) is 4.79 Å². The number of likely N-dealkylation sites (N-methyl/N-ethyl adjacent to an activating group) is 1. The number of hydrogen-bond acceptors (Lipinski definition) is 4. The summed E-state index contributed by atoms with van der Waals surface area (Å²) in [5, 5.41) is 0. The molecule has 31 heavy (non-hydrogen) atoms. The zero-order valence-electron chi connectivity index (χ0n) is 17.6. The summed E-state index contributed by atoms with van der Waals surface area (Å²) in [6, 6.07) is 18.2. The van der Waals surface area contributed by atoms with Gasteiger partial charge in [-0.1, -0.05) is 42.5 Å². The summed E-state index contributed by atoms with van der Waals surface area (Å²) in [6.45, 7) is 2.23. The number of nitrogens with zero attached hydrogens (tertiary/aromatic N) is 5. The molecule has 3 aromatic heterocycles. The molecular formula is C25H25N5O. The van der Waals surface area contributed by atoms with Crippen LogP contribution in [0.1, 0.15) is 17.3 Å². The highest BCUT2D eigenvalue weighted by Crippen LogP contribution is 2.28. The number of carbonyl (C=O) groups excluding carboxylic acids is 1. The summed E-state index contributed by atoms with van der Waals surface area (Å²) in [6.07, 6.45) is 8.04. The summed E-state index contributed by atoms with van der Waals surface area (Å²) in [5.41, 5.74) is 5.31. The topological polar surface area (TPSA) is 53.7 Å². The molecular weight excluding hydrogens is 386 g/mol. The van der Waals surface area contributed by atoms with Gasteiger partial charge in [0.15, 0.2) is 0 Å². The molecule has 1 atom stereocenters. The van der Waals surface area contributed by atoms with Crippen LogP contribution < -0.4 is 0 Å². The van der Waals surface area contributed by atoms with Crippen LogP contribution in [0, 0.1) is 0 Å². The Morgan fingerprint density at radius 1 is 1.03 bits per heavy atom. The van der Waals surface area contributed by atoms with Gasteiger partial charge in [-0.3, -0.25) is 14.7 Å². The number of amides is 1. The second-order valence-corrected chi connectivity index (χ2v) is 8.08. The van der Waals surface area contributed by atoms with Crippen LogP contribution in [0.3, 0.4) is 0 Å². The Bertz CT molecular complexity index is 1190. The van der Waals surface area contributed by atoms with Crippen molar-refractivity contribution in [1.29, 1.82) is 0 Å². The standard InChI is InChI=1S/C25H25N5O/c1-28-12-13-29(24(31)14-19-6-3-2-4-7-19)17-23(28)25-22-10-9-21(16-30(22)18-27-25)20-8-5-11-26-15-20/h2-11,15-16,18,23H,12-14,17H2,1H3. The van der Waals surface area contributed by atoms with E-state index in [1.165, 1.54) is 0 Å². The Morgan fingerprint density at radius 3 is 2.71 bits per heavy atom. The molecule has 156 valence electrons. The molecule has 4 aromatic rings. The minimum atomic E-state index is 0.0720. The van der Waals surface area contributed by atoms with Crippen LogP contribution in [0.25, 0.3) is 16.6 Å². The summed E-state index contributed by atoms with van der Waals surface area (Å²) in [4.78, 5) is 26.2. The van der Waals surface area contributed by atoms with Gasteiger partial charge in [-0.15, -0.1) is 0 Å². The molecule has 1 aromatic carbocycles. The Morgan fingerprint density at radius 2 is 1.90 bits per heavy atom. The van der Waals surface area contributed by atoms with Crippen LogP contribution in [-0.2, 0) is 11.2 Å². The number of hydrogen-bond donors (Lipinski definition) is 0. The molecule has 0 bridgehead atoms. The lowest BCUT2D eigenvalue weighted by molar-refractivity contribution is -0.133. The zero-order valence-corrected chi connectivity index (χ0v) is 17.6. The van der Waals surface area contributed by atoms with Gasteiger partial charge in [0.2, 0.25) is 5.91 Å². The number of rotatable bonds is 4. The van der Waals surface area contributed by atoms with Gasteiger partial charge >= 0.3 is 0 Å². The molecule has 0 N–H and O–H groups in total. The maximum absolute atomic E-state index is 12.9. The van der Waals surface area contributed by atoms with Crippen LogP contribution in [0.5, 0.6) is 0 Å². The lowest BCUT2D eigenvalue weighted by atomic mass is 10.1. The van der Waals surface area contributed by atoms with Crippen LogP contribution >= 0.6 is 0 Å². The molecule has 1 aliphatic heterocycles. The average Bonchev–Trinajstić information content (AvgIpc) is 3.23. The van der Waals surface area contributed by atoms with E-state index in [1.54, 1.807) is 6.20 Å². The fraction of sp³-hybridized carbons (Fsp3) is 0.240. The largest absolute Gasteiger partial charge is 0.339 e. The second-order valence-electron chi connectivity index (χ2n) is 8.08. The van der Waals surface area contributed by atoms with E-state index in [0.29, 0.717) is 13.0 Å². The highest BCUT2D eigenvalue weighted by atomic mass is 16.2. The smallest absolute Gasteiger partial charge is 0.227 e. The van der Waals surface area contributed by atoms with Crippen molar-refractivity contribution in [2.45, 2.75) is 12.5 Å². The normalized spacial score (nSPS) is 17.2.